The van der Waals surface area contributed by atoms with Gasteiger partial charge in [-0.25, -0.2) is 0 Å². The SMILES string of the molecule is CC(c1ccncc1)C(Cl)c1ccc(I)cc1. The molecule has 1 heterocycles. The van der Waals surface area contributed by atoms with Gasteiger partial charge in [-0.05, 0) is 58.0 Å². The monoisotopic (exact) mass is 357 g/mol. The molecule has 2 atom stereocenters. The minimum absolute atomic E-state index is 0.00519. The molecule has 0 radical (unpaired) electrons. The van der Waals surface area contributed by atoms with Crippen LogP contribution in [0.3, 0.4) is 0 Å². The Morgan fingerprint density at radius 3 is 2.18 bits per heavy atom. The van der Waals surface area contributed by atoms with Crippen molar-refractivity contribution in [2.24, 2.45) is 0 Å². The van der Waals surface area contributed by atoms with Crippen LogP contribution in [0, 0.1) is 3.57 Å². The van der Waals surface area contributed by atoms with Crippen molar-refractivity contribution in [2.45, 2.75) is 18.2 Å². The van der Waals surface area contributed by atoms with Gasteiger partial charge in [0, 0.05) is 21.9 Å². The summed E-state index contributed by atoms with van der Waals surface area (Å²) in [5.74, 6) is 0.278. The molecule has 0 amide bonds. The molecule has 0 N–H and O–H groups in total. The lowest BCUT2D eigenvalue weighted by molar-refractivity contribution is 0.730. The first-order chi connectivity index (χ1) is 8.18. The topological polar surface area (TPSA) is 12.9 Å². The molecule has 0 aliphatic carbocycles. The minimum atomic E-state index is -0.00519. The van der Waals surface area contributed by atoms with Gasteiger partial charge in [0.2, 0.25) is 0 Å². The van der Waals surface area contributed by atoms with Gasteiger partial charge in [-0.15, -0.1) is 11.6 Å². The van der Waals surface area contributed by atoms with E-state index in [9.17, 15) is 0 Å². The molecular formula is C14H13ClIN. The highest BCUT2D eigenvalue weighted by Crippen LogP contribution is 2.35. The fourth-order valence-electron chi connectivity index (χ4n) is 1.77. The van der Waals surface area contributed by atoms with Gasteiger partial charge in [-0.2, -0.15) is 0 Å². The zero-order chi connectivity index (χ0) is 12.3. The predicted octanol–water partition coefficient (Wildman–Crippen LogP) is 4.77. The first-order valence-electron chi connectivity index (χ1n) is 5.48. The van der Waals surface area contributed by atoms with Crippen molar-refractivity contribution >= 4 is 34.2 Å². The van der Waals surface area contributed by atoms with Crippen molar-refractivity contribution in [2.75, 3.05) is 0 Å². The number of alkyl halides is 1. The number of hydrogen-bond donors (Lipinski definition) is 0. The summed E-state index contributed by atoms with van der Waals surface area (Å²) in [6.07, 6.45) is 3.62. The maximum atomic E-state index is 6.52. The van der Waals surface area contributed by atoms with Gasteiger partial charge in [0.05, 0.1) is 5.38 Å². The summed E-state index contributed by atoms with van der Waals surface area (Å²) in [7, 11) is 0. The Kier molecular flexibility index (Phi) is 4.40. The molecular weight excluding hydrogens is 345 g/mol. The maximum absolute atomic E-state index is 6.52. The molecule has 0 saturated heterocycles. The van der Waals surface area contributed by atoms with Crippen LogP contribution in [0.5, 0.6) is 0 Å². The third kappa shape index (κ3) is 3.19. The molecule has 0 aliphatic rings. The molecule has 3 heteroatoms. The molecule has 0 fully saturated rings. The van der Waals surface area contributed by atoms with Crippen LogP contribution in [0.1, 0.15) is 29.3 Å². The molecule has 2 unspecified atom stereocenters. The van der Waals surface area contributed by atoms with Crippen LogP contribution in [-0.2, 0) is 0 Å². The van der Waals surface area contributed by atoms with E-state index in [2.05, 4.69) is 58.8 Å². The summed E-state index contributed by atoms with van der Waals surface area (Å²) in [5, 5.41) is -0.00519. The van der Waals surface area contributed by atoms with E-state index in [1.807, 2.05) is 24.5 Å². The second kappa shape index (κ2) is 5.83. The summed E-state index contributed by atoms with van der Waals surface area (Å²) in [6.45, 7) is 2.14. The number of halogens is 2. The fourth-order valence-corrected chi connectivity index (χ4v) is 2.42. The molecule has 1 nitrogen and oxygen atoms in total. The quantitative estimate of drug-likeness (QED) is 0.569. The van der Waals surface area contributed by atoms with Gasteiger partial charge in [0.15, 0.2) is 0 Å². The second-order valence-electron chi connectivity index (χ2n) is 4.02. The molecule has 0 spiro atoms. The third-order valence-electron chi connectivity index (χ3n) is 2.86. The summed E-state index contributed by atoms with van der Waals surface area (Å²) in [5.41, 5.74) is 2.38. The Morgan fingerprint density at radius 1 is 1.00 bits per heavy atom. The number of rotatable bonds is 3. The zero-order valence-corrected chi connectivity index (χ0v) is 12.4. The molecule has 88 valence electrons. The smallest absolute Gasteiger partial charge is 0.0651 e. The Bertz CT molecular complexity index is 469. The Morgan fingerprint density at radius 2 is 1.59 bits per heavy atom. The van der Waals surface area contributed by atoms with Crippen molar-refractivity contribution in [3.05, 3.63) is 63.5 Å². The molecule has 17 heavy (non-hydrogen) atoms. The highest BCUT2D eigenvalue weighted by atomic mass is 127. The minimum Gasteiger partial charge on any atom is -0.265 e. The van der Waals surface area contributed by atoms with Gasteiger partial charge in [0.1, 0.15) is 0 Å². The highest BCUT2D eigenvalue weighted by molar-refractivity contribution is 14.1. The average Bonchev–Trinajstić information content (AvgIpc) is 2.39. The van der Waals surface area contributed by atoms with E-state index in [0.717, 1.165) is 5.56 Å². The fraction of sp³-hybridized carbons (Fsp3) is 0.214. The van der Waals surface area contributed by atoms with Gasteiger partial charge < -0.3 is 0 Å². The van der Waals surface area contributed by atoms with E-state index in [0.29, 0.717) is 0 Å². The van der Waals surface area contributed by atoms with Gasteiger partial charge in [0.25, 0.3) is 0 Å². The molecule has 2 aromatic rings. The van der Waals surface area contributed by atoms with E-state index in [1.54, 1.807) is 0 Å². The number of aromatic nitrogens is 1. The highest BCUT2D eigenvalue weighted by Gasteiger charge is 2.18. The van der Waals surface area contributed by atoms with Crippen LogP contribution < -0.4 is 0 Å². The van der Waals surface area contributed by atoms with E-state index < -0.39 is 0 Å². The van der Waals surface area contributed by atoms with E-state index in [-0.39, 0.29) is 11.3 Å². The summed E-state index contributed by atoms with van der Waals surface area (Å²) < 4.78 is 1.23. The first kappa shape index (κ1) is 12.8. The van der Waals surface area contributed by atoms with Crippen LogP contribution in [0.15, 0.2) is 48.8 Å². The maximum Gasteiger partial charge on any atom is 0.0651 e. The molecule has 0 aliphatic heterocycles. The molecule has 2 rings (SSSR count). The first-order valence-corrected chi connectivity index (χ1v) is 6.99. The van der Waals surface area contributed by atoms with Crippen LogP contribution >= 0.6 is 34.2 Å². The second-order valence-corrected chi connectivity index (χ2v) is 5.74. The largest absolute Gasteiger partial charge is 0.265 e. The van der Waals surface area contributed by atoms with Crippen molar-refractivity contribution < 1.29 is 0 Å². The number of pyridine rings is 1. The summed E-state index contributed by atoms with van der Waals surface area (Å²) in [6, 6.07) is 12.4. The Labute approximate surface area is 120 Å². The molecule has 0 saturated carbocycles. The standard InChI is InChI=1S/C14H13ClIN/c1-10(11-6-8-17-9-7-11)14(15)12-2-4-13(16)5-3-12/h2-10,14H,1H3. The molecule has 0 bridgehead atoms. The molecule has 1 aromatic carbocycles. The lowest BCUT2D eigenvalue weighted by Crippen LogP contribution is -2.02. The van der Waals surface area contributed by atoms with Gasteiger partial charge in [-0.1, -0.05) is 19.1 Å². The van der Waals surface area contributed by atoms with E-state index in [4.69, 9.17) is 11.6 Å². The normalized spacial score (nSPS) is 14.3. The van der Waals surface area contributed by atoms with E-state index in [1.165, 1.54) is 9.13 Å². The lowest BCUT2D eigenvalue weighted by Gasteiger charge is -2.18. The summed E-state index contributed by atoms with van der Waals surface area (Å²) in [4.78, 5) is 4.03. The van der Waals surface area contributed by atoms with Crippen molar-refractivity contribution in [1.29, 1.82) is 0 Å². The summed E-state index contributed by atoms with van der Waals surface area (Å²) >= 11 is 8.82. The predicted molar refractivity (Wildman–Crippen MR) is 80.4 cm³/mol. The molecule has 1 aromatic heterocycles. The third-order valence-corrected chi connectivity index (χ3v) is 4.21. The number of benzene rings is 1. The number of nitrogens with zero attached hydrogens (tertiary/aromatic N) is 1. The zero-order valence-electron chi connectivity index (χ0n) is 9.48. The van der Waals surface area contributed by atoms with E-state index >= 15 is 0 Å². The van der Waals surface area contributed by atoms with Gasteiger partial charge in [-0.3, -0.25) is 4.98 Å². The van der Waals surface area contributed by atoms with Crippen LogP contribution in [0.4, 0.5) is 0 Å². The van der Waals surface area contributed by atoms with Crippen molar-refractivity contribution in [3.8, 4) is 0 Å². The average molecular weight is 358 g/mol. The van der Waals surface area contributed by atoms with Crippen LogP contribution in [0.2, 0.25) is 0 Å². The van der Waals surface area contributed by atoms with Crippen LogP contribution in [-0.4, -0.2) is 4.98 Å². The Balaban J connectivity index is 2.20. The Hall–Kier alpha value is -0.610. The number of hydrogen-bond acceptors (Lipinski definition) is 1. The van der Waals surface area contributed by atoms with Crippen molar-refractivity contribution in [3.63, 3.8) is 0 Å². The van der Waals surface area contributed by atoms with Gasteiger partial charge >= 0.3 is 0 Å². The van der Waals surface area contributed by atoms with Crippen LogP contribution in [0.25, 0.3) is 0 Å². The lowest BCUT2D eigenvalue weighted by atomic mass is 9.94. The van der Waals surface area contributed by atoms with Crippen molar-refractivity contribution in [1.82, 2.24) is 4.98 Å².